The molecule has 1 aromatic rings. The van der Waals surface area contributed by atoms with Crippen molar-refractivity contribution in [2.45, 2.75) is 33.1 Å². The minimum Gasteiger partial charge on any atom is 2.00 e. The van der Waals surface area contributed by atoms with E-state index in [0.29, 0.717) is 16.8 Å². The van der Waals surface area contributed by atoms with Crippen LogP contribution in [0, 0.1) is 6.54 Å². The Balaban J connectivity index is 0. The second kappa shape index (κ2) is 17.2. The maximum absolute atomic E-state index is 13.1. The first kappa shape index (κ1) is 32.8. The predicted octanol–water partition coefficient (Wildman–Crippen LogP) is 3.95. The molecule has 1 aromatic heterocycles. The van der Waals surface area contributed by atoms with Crippen molar-refractivity contribution in [3.05, 3.63) is 48.3 Å². The van der Waals surface area contributed by atoms with E-state index in [4.69, 9.17) is 0 Å². The summed E-state index contributed by atoms with van der Waals surface area (Å²) in [6.45, 7) is 9.60. The molecule has 31 heavy (non-hydrogen) atoms. The third-order valence-corrected chi connectivity index (χ3v) is 3.52. The predicted molar refractivity (Wildman–Crippen MR) is 107 cm³/mol. The topological polar surface area (TPSA) is 62.3 Å². The Labute approximate surface area is 214 Å². The normalized spacial score (nSPS) is 14.0. The molecule has 0 aliphatic carbocycles. The number of likely N-dealkylation sites (tertiary alicyclic amines) is 1. The van der Waals surface area contributed by atoms with E-state index >= 15 is 0 Å². The van der Waals surface area contributed by atoms with Gasteiger partial charge in [0, 0.05) is 11.8 Å². The molecule has 1 N–H and O–H groups in total. The number of amides is 2. The zero-order valence-corrected chi connectivity index (χ0v) is 25.4. The summed E-state index contributed by atoms with van der Waals surface area (Å²) in [6, 6.07) is 1.53. The smallest absolute Gasteiger partial charge is 2.00 e. The van der Waals surface area contributed by atoms with Gasteiger partial charge in [-0.05, 0) is 19.1 Å². The average molecular weight is 834 g/mol. The number of hydrogen-bond donors (Lipinski definition) is 1. The number of allylic oxidation sites excluding steroid dienone is 1. The number of hydrogen-bond acceptors (Lipinski definition) is 4. The third-order valence-electron chi connectivity index (χ3n) is 3.52. The number of alkyl halides is 2. The first-order valence-corrected chi connectivity index (χ1v) is 17.1. The molecule has 171 valence electrons. The fraction of sp³-hybridized carbons (Fsp3) is 0.368. The molecule has 2 amide bonds. The average Bonchev–Trinajstić information content (AvgIpc) is 3.07. The summed E-state index contributed by atoms with van der Waals surface area (Å²) in [4.78, 5) is 29.3. The Morgan fingerprint density at radius 1 is 1.42 bits per heavy atom. The van der Waals surface area contributed by atoms with E-state index in [1.807, 2.05) is 13.8 Å². The van der Waals surface area contributed by atoms with Gasteiger partial charge in [-0.1, -0.05) is 39.0 Å². The molecule has 0 aromatic carbocycles. The van der Waals surface area contributed by atoms with E-state index in [2.05, 4.69) is 16.9 Å². The van der Waals surface area contributed by atoms with E-state index in [1.165, 1.54) is 18.3 Å². The van der Waals surface area contributed by atoms with Crippen LogP contribution in [0.4, 0.5) is 12.7 Å². The van der Waals surface area contributed by atoms with Crippen LogP contribution in [0.25, 0.3) is 12.2 Å². The van der Waals surface area contributed by atoms with Crippen LogP contribution >= 0.6 is 0 Å². The summed E-state index contributed by atoms with van der Waals surface area (Å²) in [5.74, 6) is -3.96. The number of aromatic nitrogens is 1. The molecule has 0 saturated carbocycles. The van der Waals surface area contributed by atoms with Gasteiger partial charge in [0.2, 0.25) is 11.8 Å². The van der Waals surface area contributed by atoms with E-state index < -0.39 is 36.4 Å². The Kier molecular flexibility index (Phi) is 18.2. The molecule has 1 fully saturated rings. The van der Waals surface area contributed by atoms with E-state index in [-0.39, 0.29) is 25.1 Å². The van der Waals surface area contributed by atoms with Crippen molar-refractivity contribution < 1.29 is 76.8 Å². The fourth-order valence-corrected chi connectivity index (χ4v) is 2.36. The van der Waals surface area contributed by atoms with Crippen molar-refractivity contribution >= 4 is 29.6 Å². The molecule has 2 rings (SSSR count). The SMILES string of the molecule is C=Cc1nccc(C(=O)NCC(=O)N2[CH-]CC(F)(F)C2)c1/C=C\C.CC.F[S-](=[W])=[W].[V+2]. The van der Waals surface area contributed by atoms with Gasteiger partial charge in [-0.3, -0.25) is 14.6 Å². The second-order valence-corrected chi connectivity index (χ2v) is 22.1. The molecule has 1 saturated heterocycles. The Bertz CT molecular complexity index is 845. The van der Waals surface area contributed by atoms with Crippen LogP contribution in [-0.2, 0) is 65.0 Å². The van der Waals surface area contributed by atoms with Crippen molar-refractivity contribution in [3.8, 4) is 0 Å². The zero-order valence-electron chi connectivity index (χ0n) is 17.3. The molecule has 2 heterocycles. The van der Waals surface area contributed by atoms with Gasteiger partial charge in [0.25, 0.3) is 5.91 Å². The van der Waals surface area contributed by atoms with Crippen LogP contribution in [0.15, 0.2) is 24.9 Å². The largest absolute Gasteiger partial charge is 2.00 e. The van der Waals surface area contributed by atoms with Crippen molar-refractivity contribution in [1.29, 1.82) is 0 Å². The molecule has 1 aliphatic rings. The first-order valence-electron chi connectivity index (χ1n) is 8.89. The number of nitrogens with zero attached hydrogens (tertiary/aromatic N) is 2. The summed E-state index contributed by atoms with van der Waals surface area (Å²) < 4.78 is 37.3. The van der Waals surface area contributed by atoms with Crippen LogP contribution < -0.4 is 5.32 Å². The summed E-state index contributed by atoms with van der Waals surface area (Å²) in [7, 11) is 0. The van der Waals surface area contributed by atoms with Crippen molar-refractivity contribution in [2.24, 2.45) is 0 Å². The maximum Gasteiger partial charge on any atom is 2.00 e. The molecule has 5 nitrogen and oxygen atoms in total. The van der Waals surface area contributed by atoms with Crippen LogP contribution in [0.2, 0.25) is 0 Å². The monoisotopic (exact) mass is 834 g/mol. The molecule has 0 atom stereocenters. The Morgan fingerprint density at radius 2 is 2.00 bits per heavy atom. The van der Waals surface area contributed by atoms with Gasteiger partial charge in [-0.15, -0.1) is 0 Å². The van der Waals surface area contributed by atoms with Gasteiger partial charge in [0.05, 0.1) is 24.3 Å². The molecule has 12 heteroatoms. The van der Waals surface area contributed by atoms with Gasteiger partial charge in [0.1, 0.15) is 0 Å². The molecule has 0 spiro atoms. The van der Waals surface area contributed by atoms with E-state index in [0.717, 1.165) is 47.4 Å². The third kappa shape index (κ3) is 12.5. The minimum atomic E-state index is -2.90. The summed E-state index contributed by atoms with van der Waals surface area (Å²) in [5, 5.41) is 2.46. The quantitative estimate of drug-likeness (QED) is 0.362. The van der Waals surface area contributed by atoms with Gasteiger partial charge in [-0.2, -0.15) is 0 Å². The van der Waals surface area contributed by atoms with Crippen molar-refractivity contribution in [3.63, 3.8) is 0 Å². The van der Waals surface area contributed by atoms with Gasteiger partial charge < -0.3 is 10.2 Å². The molecule has 0 bridgehead atoms. The van der Waals surface area contributed by atoms with Crippen LogP contribution in [0.3, 0.4) is 0 Å². The van der Waals surface area contributed by atoms with Gasteiger partial charge in [0.15, 0.2) is 0 Å². The van der Waals surface area contributed by atoms with Crippen molar-refractivity contribution in [2.75, 3.05) is 13.1 Å². The molecular formula is C19H24F3N3O2SVW2. The summed E-state index contributed by atoms with van der Waals surface area (Å²) in [5.41, 5.74) is 0.764. The summed E-state index contributed by atoms with van der Waals surface area (Å²) >= 11 is 2.15. The van der Waals surface area contributed by atoms with Crippen molar-refractivity contribution in [1.82, 2.24) is 15.2 Å². The number of pyridine rings is 1. The molecule has 1 aliphatic heterocycles. The number of carbonyl (C=O) groups is 2. The first-order chi connectivity index (χ1) is 14.1. The second-order valence-electron chi connectivity index (χ2n) is 5.50. The standard InChI is InChI=1S/C17H18F2N3O2.C2H6.FS.V.2W/c1-3-5-12-13(6-8-20-14(12)4-2)16(24)21-10-15(23)22-9-7-17(18,19)11-22;2*1-2;;;/h3-6,8-9H,2,7,10-11H2,1H3,(H,21,24);1-2H3;;;;/q-1;;-1;+2;;/b5-3-;;;;;. The minimum absolute atomic E-state index is 0. The number of rotatable bonds is 5. The van der Waals surface area contributed by atoms with E-state index in [1.54, 1.807) is 19.1 Å². The van der Waals surface area contributed by atoms with Gasteiger partial charge in [-0.25, -0.2) is 15.3 Å². The van der Waals surface area contributed by atoms with E-state index in [9.17, 15) is 22.3 Å². The fourth-order valence-electron chi connectivity index (χ4n) is 2.36. The number of nitrogens with one attached hydrogen (secondary N) is 1. The Hall–Kier alpha value is -0.329. The van der Waals surface area contributed by atoms with Crippen LogP contribution in [0.5, 0.6) is 0 Å². The van der Waals surface area contributed by atoms with Gasteiger partial charge >= 0.3 is 64.1 Å². The van der Waals surface area contributed by atoms with Crippen LogP contribution in [0.1, 0.15) is 48.8 Å². The number of carbonyl (C=O) groups excluding carboxylic acids is 2. The number of halogens is 3. The summed E-state index contributed by atoms with van der Waals surface area (Å²) in [6.07, 6.45) is 6.00. The molecule has 1 radical (unpaired) electrons. The molecule has 0 unspecified atom stereocenters. The van der Waals surface area contributed by atoms with Crippen LogP contribution in [-0.4, -0.2) is 40.7 Å². The molecular weight excluding hydrogens is 810 g/mol. The zero-order chi connectivity index (χ0) is 23.3. The Morgan fingerprint density at radius 3 is 2.45 bits per heavy atom. The maximum atomic E-state index is 13.1.